The predicted octanol–water partition coefficient (Wildman–Crippen LogP) is 5.53. The molecule has 0 bridgehead atoms. The predicted molar refractivity (Wildman–Crippen MR) is 113 cm³/mol. The maximum atomic E-state index is 12.8. The van der Waals surface area contributed by atoms with Crippen molar-refractivity contribution in [3.05, 3.63) is 65.9 Å². The first-order valence-electron chi connectivity index (χ1n) is 10.1. The molecular formula is C24H20F3N3O2. The molecule has 3 aromatic rings. The first-order valence-corrected chi connectivity index (χ1v) is 10.1. The van der Waals surface area contributed by atoms with Gasteiger partial charge in [0.2, 0.25) is 0 Å². The number of amides is 1. The maximum absolute atomic E-state index is 12.8. The number of hydrogen-bond acceptors (Lipinski definition) is 3. The average molecular weight is 439 g/mol. The van der Waals surface area contributed by atoms with E-state index >= 15 is 0 Å². The largest absolute Gasteiger partial charge is 0.573 e. The van der Waals surface area contributed by atoms with E-state index < -0.39 is 6.36 Å². The van der Waals surface area contributed by atoms with Crippen LogP contribution in [-0.4, -0.2) is 23.4 Å². The second-order valence-corrected chi connectivity index (χ2v) is 7.95. The minimum absolute atomic E-state index is 0.0447. The second-order valence-electron chi connectivity index (χ2n) is 7.95. The highest BCUT2D eigenvalue weighted by Crippen LogP contribution is 2.41. The zero-order valence-electron chi connectivity index (χ0n) is 17.4. The van der Waals surface area contributed by atoms with Gasteiger partial charge in [-0.25, -0.2) is 0 Å². The van der Waals surface area contributed by atoms with Crippen LogP contribution >= 0.6 is 0 Å². The van der Waals surface area contributed by atoms with Crippen molar-refractivity contribution in [1.82, 2.24) is 9.88 Å². The number of hydrogen-bond donors (Lipinski definition) is 1. The summed E-state index contributed by atoms with van der Waals surface area (Å²) in [5.74, 6) is -0.396. The van der Waals surface area contributed by atoms with Crippen LogP contribution in [0.2, 0.25) is 0 Å². The SMILES string of the molecule is CC(C)[C@H]1CNC(=O)c2cc(-c3cccc(OC(F)(F)F)c3)c(-c3ccc(C#N)cc3)n21. The Morgan fingerprint density at radius 2 is 1.84 bits per heavy atom. The molecule has 164 valence electrons. The van der Waals surface area contributed by atoms with Gasteiger partial charge >= 0.3 is 6.36 Å². The number of nitrogens with one attached hydrogen (secondary N) is 1. The molecule has 2 heterocycles. The number of halogens is 3. The third-order valence-electron chi connectivity index (χ3n) is 5.51. The highest BCUT2D eigenvalue weighted by atomic mass is 19.4. The Balaban J connectivity index is 1.95. The van der Waals surface area contributed by atoms with Crippen LogP contribution in [0.3, 0.4) is 0 Å². The van der Waals surface area contributed by atoms with Crippen molar-refractivity contribution in [2.75, 3.05) is 6.54 Å². The van der Waals surface area contributed by atoms with Crippen molar-refractivity contribution >= 4 is 5.91 Å². The topological polar surface area (TPSA) is 67.0 Å². The standard InChI is InChI=1S/C24H20F3N3O2/c1-14(2)21-13-29-23(31)20-11-19(17-4-3-5-18(10-17)32-24(25,26)27)22(30(20)21)16-8-6-15(12-28)7-9-16/h3-11,14,21H,13H2,1-2H3,(H,29,31)/t21-/m1/s1. The molecule has 0 unspecified atom stereocenters. The molecule has 0 radical (unpaired) electrons. The summed E-state index contributed by atoms with van der Waals surface area (Å²) < 4.78 is 44.3. The lowest BCUT2D eigenvalue weighted by molar-refractivity contribution is -0.274. The van der Waals surface area contributed by atoms with Gasteiger partial charge in [0.05, 0.1) is 23.4 Å². The molecule has 1 aliphatic rings. The summed E-state index contributed by atoms with van der Waals surface area (Å²) in [6.45, 7) is 4.54. The lowest BCUT2D eigenvalue weighted by Gasteiger charge is -2.31. The molecule has 1 aromatic heterocycles. The quantitative estimate of drug-likeness (QED) is 0.581. The molecule has 1 N–H and O–H groups in total. The molecule has 1 atom stereocenters. The first-order chi connectivity index (χ1) is 15.2. The van der Waals surface area contributed by atoms with Crippen LogP contribution in [0.1, 0.15) is 35.9 Å². The Labute approximate surface area is 183 Å². The van der Waals surface area contributed by atoms with E-state index in [0.29, 0.717) is 34.6 Å². The molecule has 0 aliphatic carbocycles. The van der Waals surface area contributed by atoms with Gasteiger partial charge in [-0.05, 0) is 47.4 Å². The third-order valence-corrected chi connectivity index (χ3v) is 5.51. The zero-order chi connectivity index (χ0) is 23.0. The Morgan fingerprint density at radius 1 is 1.12 bits per heavy atom. The van der Waals surface area contributed by atoms with Gasteiger partial charge in [-0.15, -0.1) is 13.2 Å². The van der Waals surface area contributed by atoms with Crippen LogP contribution < -0.4 is 10.1 Å². The Bertz CT molecular complexity index is 1200. The number of rotatable bonds is 4. The Hall–Kier alpha value is -3.73. The molecule has 8 heteroatoms. The lowest BCUT2D eigenvalue weighted by Crippen LogP contribution is -2.40. The van der Waals surface area contributed by atoms with E-state index in [-0.39, 0.29) is 23.6 Å². The van der Waals surface area contributed by atoms with E-state index in [4.69, 9.17) is 5.26 Å². The molecule has 1 amide bonds. The van der Waals surface area contributed by atoms with Crippen molar-refractivity contribution in [1.29, 1.82) is 5.26 Å². The summed E-state index contributed by atoms with van der Waals surface area (Å²) in [5, 5.41) is 12.0. The van der Waals surface area contributed by atoms with E-state index in [2.05, 4.69) is 16.1 Å². The number of nitriles is 1. The van der Waals surface area contributed by atoms with Crippen LogP contribution in [0.25, 0.3) is 22.4 Å². The maximum Gasteiger partial charge on any atom is 0.573 e. The van der Waals surface area contributed by atoms with Crippen molar-refractivity contribution in [2.45, 2.75) is 26.3 Å². The summed E-state index contributed by atoms with van der Waals surface area (Å²) in [6.07, 6.45) is -4.81. The van der Waals surface area contributed by atoms with E-state index in [1.54, 1.807) is 36.4 Å². The monoisotopic (exact) mass is 439 g/mol. The number of aromatic nitrogens is 1. The van der Waals surface area contributed by atoms with Crippen molar-refractivity contribution in [3.63, 3.8) is 0 Å². The number of alkyl halides is 3. The van der Waals surface area contributed by atoms with Gasteiger partial charge in [-0.1, -0.05) is 38.1 Å². The van der Waals surface area contributed by atoms with Gasteiger partial charge in [0.25, 0.3) is 5.91 Å². The van der Waals surface area contributed by atoms with Crippen molar-refractivity contribution in [3.8, 4) is 34.2 Å². The minimum atomic E-state index is -4.81. The molecule has 4 rings (SSSR count). The van der Waals surface area contributed by atoms with Crippen LogP contribution in [-0.2, 0) is 0 Å². The summed E-state index contributed by atoms with van der Waals surface area (Å²) >= 11 is 0. The van der Waals surface area contributed by atoms with Crippen molar-refractivity contribution in [2.24, 2.45) is 5.92 Å². The number of ether oxygens (including phenoxy) is 1. The number of nitrogens with zero attached hydrogens (tertiary/aromatic N) is 2. The van der Waals surface area contributed by atoms with Crippen LogP contribution in [0.5, 0.6) is 5.75 Å². The number of fused-ring (bicyclic) bond motifs is 1. The van der Waals surface area contributed by atoms with Crippen molar-refractivity contribution < 1.29 is 22.7 Å². The lowest BCUT2D eigenvalue weighted by atomic mass is 9.98. The fourth-order valence-corrected chi connectivity index (χ4v) is 4.04. The van der Waals surface area contributed by atoms with E-state index in [0.717, 1.165) is 5.56 Å². The smallest absolute Gasteiger partial charge is 0.406 e. The summed E-state index contributed by atoms with van der Waals surface area (Å²) in [7, 11) is 0. The number of carbonyl (C=O) groups excluding carboxylic acids is 1. The van der Waals surface area contributed by atoms with Crippen LogP contribution in [0.4, 0.5) is 13.2 Å². The van der Waals surface area contributed by atoms with Gasteiger partial charge in [0.15, 0.2) is 0 Å². The highest BCUT2D eigenvalue weighted by Gasteiger charge is 2.33. The fourth-order valence-electron chi connectivity index (χ4n) is 4.04. The normalized spacial score (nSPS) is 15.8. The zero-order valence-corrected chi connectivity index (χ0v) is 17.4. The number of benzene rings is 2. The molecule has 0 fully saturated rings. The van der Waals surface area contributed by atoms with Gasteiger partial charge in [0, 0.05) is 12.1 Å². The molecule has 0 saturated heterocycles. The molecule has 0 spiro atoms. The fraction of sp³-hybridized carbons (Fsp3) is 0.250. The van der Waals surface area contributed by atoms with Gasteiger partial charge < -0.3 is 14.6 Å². The molecule has 0 saturated carbocycles. The van der Waals surface area contributed by atoms with E-state index in [1.807, 2.05) is 18.4 Å². The Morgan fingerprint density at radius 3 is 2.47 bits per heavy atom. The molecule has 32 heavy (non-hydrogen) atoms. The summed E-state index contributed by atoms with van der Waals surface area (Å²) in [5.41, 5.74) is 3.49. The molecule has 1 aliphatic heterocycles. The second kappa shape index (κ2) is 8.08. The molecule has 5 nitrogen and oxygen atoms in total. The van der Waals surface area contributed by atoms with Gasteiger partial charge in [0.1, 0.15) is 11.4 Å². The first kappa shape index (κ1) is 21.5. The average Bonchev–Trinajstić information content (AvgIpc) is 3.14. The molecule has 2 aromatic carbocycles. The summed E-state index contributed by atoms with van der Waals surface area (Å²) in [6, 6.07) is 16.4. The van der Waals surface area contributed by atoms with Crippen LogP contribution in [0.15, 0.2) is 54.6 Å². The van der Waals surface area contributed by atoms with E-state index in [9.17, 15) is 18.0 Å². The summed E-state index contributed by atoms with van der Waals surface area (Å²) in [4.78, 5) is 12.7. The third kappa shape index (κ3) is 4.06. The van der Waals surface area contributed by atoms with E-state index in [1.165, 1.54) is 18.2 Å². The van der Waals surface area contributed by atoms with Gasteiger partial charge in [-0.3, -0.25) is 4.79 Å². The highest BCUT2D eigenvalue weighted by molar-refractivity contribution is 5.98. The number of carbonyl (C=O) groups is 1. The Kier molecular flexibility index (Phi) is 5.43. The van der Waals surface area contributed by atoms with Gasteiger partial charge in [-0.2, -0.15) is 5.26 Å². The minimum Gasteiger partial charge on any atom is -0.406 e. The molecular weight excluding hydrogens is 419 g/mol. The van der Waals surface area contributed by atoms with Crippen LogP contribution in [0, 0.1) is 17.2 Å².